The highest BCUT2D eigenvalue weighted by Gasteiger charge is 2.22. The van der Waals surface area contributed by atoms with Crippen molar-refractivity contribution in [3.8, 4) is 39.4 Å². The SMILES string of the molecule is COc1cc(Nc2nc(N)c(-c3nc(-c4cc(NC(=O)C=CC(=O)NCC5CC5)ccc4C)no3)s2)cc(OC)c1OC. The summed E-state index contributed by atoms with van der Waals surface area (Å²) in [5.41, 5.74) is 8.87. The van der Waals surface area contributed by atoms with Crippen LogP contribution in [0, 0.1) is 12.8 Å². The summed E-state index contributed by atoms with van der Waals surface area (Å²) in [7, 11) is 4.60. The van der Waals surface area contributed by atoms with Crippen LogP contribution in [0.4, 0.5) is 22.3 Å². The molecule has 0 spiro atoms. The Morgan fingerprint density at radius 2 is 1.74 bits per heavy atom. The highest BCUT2D eigenvalue weighted by molar-refractivity contribution is 7.19. The van der Waals surface area contributed by atoms with Gasteiger partial charge in [-0.2, -0.15) is 4.98 Å². The number of methoxy groups -OCH3 is 3. The molecular weight excluding hydrogens is 574 g/mol. The van der Waals surface area contributed by atoms with Crippen molar-refractivity contribution < 1.29 is 28.3 Å². The van der Waals surface area contributed by atoms with Gasteiger partial charge in [-0.3, -0.25) is 9.59 Å². The number of hydrogen-bond donors (Lipinski definition) is 4. The van der Waals surface area contributed by atoms with Crippen LogP contribution in [0.5, 0.6) is 17.2 Å². The number of rotatable bonds is 12. The molecule has 224 valence electrons. The van der Waals surface area contributed by atoms with E-state index in [9.17, 15) is 9.59 Å². The molecule has 0 saturated heterocycles. The second-order valence-electron chi connectivity index (χ2n) is 9.74. The lowest BCUT2D eigenvalue weighted by molar-refractivity contribution is -0.117. The fourth-order valence-corrected chi connectivity index (χ4v) is 4.97. The number of carbonyl (C=O) groups excluding carboxylic acids is 2. The monoisotopic (exact) mass is 605 g/mol. The minimum atomic E-state index is -0.435. The Morgan fingerprint density at radius 1 is 1.02 bits per heavy atom. The Hall–Kier alpha value is -5.11. The van der Waals surface area contributed by atoms with Crippen LogP contribution in [-0.4, -0.2) is 54.8 Å². The molecule has 43 heavy (non-hydrogen) atoms. The average Bonchev–Trinajstić information content (AvgIpc) is 3.59. The predicted octanol–water partition coefficient (Wildman–Crippen LogP) is 4.54. The van der Waals surface area contributed by atoms with Crippen molar-refractivity contribution in [1.82, 2.24) is 20.4 Å². The number of benzene rings is 2. The number of nitrogens with one attached hydrogen (secondary N) is 3. The summed E-state index contributed by atoms with van der Waals surface area (Å²) in [4.78, 5) is 33.7. The van der Waals surface area contributed by atoms with Crippen molar-refractivity contribution in [1.29, 1.82) is 0 Å². The van der Waals surface area contributed by atoms with E-state index in [4.69, 9.17) is 24.5 Å². The van der Waals surface area contributed by atoms with Gasteiger partial charge in [0.15, 0.2) is 16.6 Å². The van der Waals surface area contributed by atoms with E-state index >= 15 is 0 Å². The van der Waals surface area contributed by atoms with Gasteiger partial charge in [0.05, 0.1) is 21.3 Å². The van der Waals surface area contributed by atoms with Gasteiger partial charge in [-0.05, 0) is 43.4 Å². The summed E-state index contributed by atoms with van der Waals surface area (Å²) in [6.07, 6.45) is 4.69. The number of nitrogen functional groups attached to an aromatic ring is 1. The average molecular weight is 606 g/mol. The van der Waals surface area contributed by atoms with Crippen LogP contribution in [0.2, 0.25) is 0 Å². The summed E-state index contributed by atoms with van der Waals surface area (Å²) in [5, 5.41) is 13.3. The lowest BCUT2D eigenvalue weighted by atomic mass is 10.1. The van der Waals surface area contributed by atoms with Crippen LogP contribution < -0.4 is 35.9 Å². The largest absolute Gasteiger partial charge is 0.493 e. The summed E-state index contributed by atoms with van der Waals surface area (Å²) in [6.45, 7) is 2.53. The van der Waals surface area contributed by atoms with Crippen LogP contribution in [0.1, 0.15) is 18.4 Å². The van der Waals surface area contributed by atoms with E-state index in [0.717, 1.165) is 18.4 Å². The summed E-state index contributed by atoms with van der Waals surface area (Å²) < 4.78 is 21.7. The number of amides is 2. The molecule has 1 saturated carbocycles. The van der Waals surface area contributed by atoms with Gasteiger partial charge in [-0.25, -0.2) is 4.98 Å². The zero-order valence-corrected chi connectivity index (χ0v) is 24.8. The van der Waals surface area contributed by atoms with Crippen LogP contribution in [0.3, 0.4) is 0 Å². The van der Waals surface area contributed by atoms with Gasteiger partial charge in [0.2, 0.25) is 23.4 Å². The predicted molar refractivity (Wildman–Crippen MR) is 163 cm³/mol. The second-order valence-corrected chi connectivity index (χ2v) is 10.7. The van der Waals surface area contributed by atoms with Gasteiger partial charge in [-0.15, -0.1) is 0 Å². The van der Waals surface area contributed by atoms with Gasteiger partial charge in [0.25, 0.3) is 5.89 Å². The van der Waals surface area contributed by atoms with Crippen molar-refractivity contribution in [2.75, 3.05) is 44.2 Å². The number of aryl methyl sites for hydroxylation is 1. The van der Waals surface area contributed by atoms with Crippen molar-refractivity contribution >= 4 is 45.5 Å². The van der Waals surface area contributed by atoms with Gasteiger partial charge < -0.3 is 40.4 Å². The summed E-state index contributed by atoms with van der Waals surface area (Å²) in [5.74, 6) is 1.97. The Balaban J connectivity index is 1.29. The topological polar surface area (TPSA) is 176 Å². The van der Waals surface area contributed by atoms with Crippen molar-refractivity contribution in [3.05, 3.63) is 48.0 Å². The molecule has 0 unspecified atom stereocenters. The van der Waals surface area contributed by atoms with Gasteiger partial charge in [0.1, 0.15) is 10.7 Å². The highest BCUT2D eigenvalue weighted by atomic mass is 32.1. The van der Waals surface area contributed by atoms with E-state index < -0.39 is 5.91 Å². The minimum absolute atomic E-state index is 0.192. The molecule has 0 atom stereocenters. The van der Waals surface area contributed by atoms with Crippen molar-refractivity contribution in [2.24, 2.45) is 5.92 Å². The molecule has 14 heteroatoms. The van der Waals surface area contributed by atoms with Gasteiger partial charge in [0, 0.05) is 47.8 Å². The third-order valence-corrected chi connectivity index (χ3v) is 7.56. The molecule has 5 rings (SSSR count). The maximum absolute atomic E-state index is 12.4. The van der Waals surface area contributed by atoms with E-state index in [1.165, 1.54) is 44.8 Å². The van der Waals surface area contributed by atoms with Crippen LogP contribution in [0.15, 0.2) is 47.0 Å². The summed E-state index contributed by atoms with van der Waals surface area (Å²) >= 11 is 1.23. The fourth-order valence-electron chi connectivity index (χ4n) is 4.14. The maximum Gasteiger partial charge on any atom is 0.272 e. The number of nitrogens with zero attached hydrogens (tertiary/aromatic N) is 3. The first-order valence-electron chi connectivity index (χ1n) is 13.3. The molecule has 2 aromatic carbocycles. The molecule has 1 fully saturated rings. The Bertz CT molecular complexity index is 1650. The van der Waals surface area contributed by atoms with Crippen molar-refractivity contribution in [3.63, 3.8) is 0 Å². The molecule has 2 aromatic heterocycles. The van der Waals surface area contributed by atoms with Crippen LogP contribution >= 0.6 is 11.3 Å². The zero-order valence-electron chi connectivity index (χ0n) is 24.0. The van der Waals surface area contributed by atoms with Crippen LogP contribution in [-0.2, 0) is 9.59 Å². The number of carbonyl (C=O) groups is 2. The standard InChI is InChI=1S/C29H31N7O6S/c1-15-5-8-17(32-23(38)10-9-22(37)31-14-16-6-7-16)11-19(15)27-35-28(42-36-27)25-26(30)34-29(43-25)33-18-12-20(39-2)24(41-4)21(13-18)40-3/h5,8-13,16H,6-7,14,30H2,1-4H3,(H,31,37)(H,32,38)(H,33,34). The number of nitrogens with two attached hydrogens (primary N) is 1. The number of anilines is 4. The van der Waals surface area contributed by atoms with E-state index in [0.29, 0.717) is 62.5 Å². The smallest absolute Gasteiger partial charge is 0.272 e. The lowest BCUT2D eigenvalue weighted by Gasteiger charge is -2.14. The molecule has 4 aromatic rings. The molecule has 0 bridgehead atoms. The maximum atomic E-state index is 12.4. The molecule has 5 N–H and O–H groups in total. The number of thiazole rings is 1. The molecule has 2 heterocycles. The number of ether oxygens (including phenoxy) is 3. The van der Waals surface area contributed by atoms with Crippen molar-refractivity contribution in [2.45, 2.75) is 19.8 Å². The van der Waals surface area contributed by atoms with Gasteiger partial charge >= 0.3 is 0 Å². The normalized spacial score (nSPS) is 12.7. The van der Waals surface area contributed by atoms with Crippen LogP contribution in [0.25, 0.3) is 22.2 Å². The third kappa shape index (κ3) is 7.04. The first-order chi connectivity index (χ1) is 20.8. The zero-order chi connectivity index (χ0) is 30.5. The van der Waals surface area contributed by atoms with E-state index in [2.05, 4.69) is 31.1 Å². The minimum Gasteiger partial charge on any atom is -0.493 e. The van der Waals surface area contributed by atoms with E-state index in [1.807, 2.05) is 13.0 Å². The molecule has 13 nitrogen and oxygen atoms in total. The molecule has 0 aliphatic heterocycles. The van der Waals surface area contributed by atoms with E-state index in [1.54, 1.807) is 24.3 Å². The Kier molecular flexibility index (Phi) is 8.76. The fraction of sp³-hybridized carbons (Fsp3) is 0.276. The second kappa shape index (κ2) is 12.8. The first-order valence-corrected chi connectivity index (χ1v) is 14.1. The number of aromatic nitrogens is 3. The molecule has 1 aliphatic rings. The molecule has 0 radical (unpaired) electrons. The summed E-state index contributed by atoms with van der Waals surface area (Å²) in [6, 6.07) is 8.81. The van der Waals surface area contributed by atoms with E-state index in [-0.39, 0.29) is 17.6 Å². The highest BCUT2D eigenvalue weighted by Crippen LogP contribution is 2.42. The molecule has 2 amide bonds. The lowest BCUT2D eigenvalue weighted by Crippen LogP contribution is -2.23. The molecular formula is C29H31N7O6S. The number of hydrogen-bond acceptors (Lipinski definition) is 12. The molecule has 1 aliphatic carbocycles. The van der Waals surface area contributed by atoms with Gasteiger partial charge in [-0.1, -0.05) is 22.6 Å². The Morgan fingerprint density at radius 3 is 2.42 bits per heavy atom. The quantitative estimate of drug-likeness (QED) is 0.167. The third-order valence-electron chi connectivity index (χ3n) is 6.58. The Labute approximate surface area is 251 Å². The first kappa shape index (κ1) is 29.4.